The molecule has 0 bridgehead atoms. The van der Waals surface area contributed by atoms with E-state index < -0.39 is 6.11 Å². The van der Waals surface area contributed by atoms with Gasteiger partial charge < -0.3 is 4.74 Å². The Balaban J connectivity index is 1.60. The van der Waals surface area contributed by atoms with Crippen LogP contribution < -0.4 is 4.74 Å². The van der Waals surface area contributed by atoms with Crippen LogP contribution in [-0.2, 0) is 6.11 Å². The normalized spacial score (nSPS) is 19.8. The van der Waals surface area contributed by atoms with Crippen LogP contribution in [0.4, 0.5) is 8.78 Å². The summed E-state index contributed by atoms with van der Waals surface area (Å²) in [6.07, 6.45) is 8.04. The van der Waals surface area contributed by atoms with Gasteiger partial charge in [0.25, 0.3) is 0 Å². The second-order valence-electron chi connectivity index (χ2n) is 7.71. The molecule has 0 N–H and O–H groups in total. The van der Waals surface area contributed by atoms with Crippen molar-refractivity contribution in [3.63, 3.8) is 0 Å². The van der Waals surface area contributed by atoms with E-state index in [1.54, 1.807) is 0 Å². The topological polar surface area (TPSA) is 33.0 Å². The third-order valence-electron chi connectivity index (χ3n) is 5.58. The molecule has 3 rings (SSSR count). The zero-order valence-electron chi connectivity index (χ0n) is 16.8. The first kappa shape index (κ1) is 21.0. The summed E-state index contributed by atoms with van der Waals surface area (Å²) in [6, 6.07) is 14.2. The summed E-state index contributed by atoms with van der Waals surface area (Å²) in [5, 5.41) is 8.79. The van der Waals surface area contributed by atoms with Crippen molar-refractivity contribution >= 4 is 0 Å². The van der Waals surface area contributed by atoms with E-state index in [9.17, 15) is 8.78 Å². The number of hydrogen-bond acceptors (Lipinski definition) is 2. The molecule has 0 aliphatic heterocycles. The lowest BCUT2D eigenvalue weighted by atomic mass is 9.78. The minimum absolute atomic E-state index is 0.0347. The van der Waals surface area contributed by atoms with Crippen molar-refractivity contribution in [2.45, 2.75) is 57.5 Å². The Morgan fingerprint density at radius 2 is 1.69 bits per heavy atom. The summed E-state index contributed by atoms with van der Waals surface area (Å²) in [6.45, 7) is 2.18. The van der Waals surface area contributed by atoms with Crippen LogP contribution in [0.15, 0.2) is 60.7 Å². The summed E-state index contributed by atoms with van der Waals surface area (Å²) in [4.78, 5) is 0. The molecule has 1 aliphatic carbocycles. The van der Waals surface area contributed by atoms with Crippen LogP contribution in [0.2, 0.25) is 0 Å². The Labute approximate surface area is 171 Å². The van der Waals surface area contributed by atoms with E-state index in [1.807, 2.05) is 18.2 Å². The molecule has 0 saturated heterocycles. The Bertz CT molecular complexity index is 842. The number of hydrogen-bond donors (Lipinski definition) is 0. The molecule has 0 amide bonds. The summed E-state index contributed by atoms with van der Waals surface area (Å²) in [7, 11) is 0. The molecule has 0 unspecified atom stereocenters. The van der Waals surface area contributed by atoms with Gasteiger partial charge in [0.15, 0.2) is 0 Å². The summed E-state index contributed by atoms with van der Waals surface area (Å²) in [5.41, 5.74) is 1.36. The predicted octanol–water partition coefficient (Wildman–Crippen LogP) is 7.32. The van der Waals surface area contributed by atoms with Gasteiger partial charge in [-0.1, -0.05) is 37.6 Å². The van der Waals surface area contributed by atoms with Crippen LogP contribution in [0.5, 0.6) is 5.75 Å². The maximum absolute atomic E-state index is 14.5. The maximum Gasteiger partial charge on any atom is 0.426 e. The average molecular weight is 395 g/mol. The number of benzene rings is 2. The van der Waals surface area contributed by atoms with Crippen molar-refractivity contribution in [1.82, 2.24) is 0 Å². The van der Waals surface area contributed by atoms with Gasteiger partial charge in [-0.05, 0) is 85.9 Å². The molecule has 1 saturated carbocycles. The molecular formula is C25H27F2NO. The largest absolute Gasteiger partial charge is 0.429 e. The first-order valence-corrected chi connectivity index (χ1v) is 10.4. The predicted molar refractivity (Wildman–Crippen MR) is 111 cm³/mol. The molecule has 29 heavy (non-hydrogen) atoms. The number of unbranched alkanes of at least 4 members (excludes halogenated alkanes) is 1. The highest BCUT2D eigenvalue weighted by Gasteiger charge is 2.34. The summed E-state index contributed by atoms with van der Waals surface area (Å²) < 4.78 is 33.9. The maximum atomic E-state index is 14.5. The first-order chi connectivity index (χ1) is 14.0. The third kappa shape index (κ3) is 5.67. The van der Waals surface area contributed by atoms with Crippen LogP contribution >= 0.6 is 0 Å². The number of ether oxygens (including phenoxy) is 1. The number of allylic oxidation sites excluding steroid dienone is 2. The fourth-order valence-corrected chi connectivity index (χ4v) is 3.85. The molecule has 0 radical (unpaired) electrons. The fraction of sp³-hybridized carbons (Fsp3) is 0.400. The van der Waals surface area contributed by atoms with E-state index >= 15 is 0 Å². The zero-order chi connectivity index (χ0) is 20.7. The lowest BCUT2D eigenvalue weighted by molar-refractivity contribution is -0.185. The Kier molecular flexibility index (Phi) is 7.04. The zero-order valence-corrected chi connectivity index (χ0v) is 16.8. The van der Waals surface area contributed by atoms with Gasteiger partial charge in [0.1, 0.15) is 5.75 Å². The Hall–Kier alpha value is -2.67. The average Bonchev–Trinajstić information content (AvgIpc) is 2.75. The Morgan fingerprint density at radius 3 is 2.28 bits per heavy atom. The lowest BCUT2D eigenvalue weighted by Crippen LogP contribution is -2.22. The van der Waals surface area contributed by atoms with Crippen molar-refractivity contribution < 1.29 is 13.5 Å². The molecule has 0 heterocycles. The van der Waals surface area contributed by atoms with E-state index in [0.717, 1.165) is 37.7 Å². The molecule has 1 aliphatic rings. The summed E-state index contributed by atoms with van der Waals surface area (Å²) in [5.74, 6) is 1.13. The van der Waals surface area contributed by atoms with E-state index in [4.69, 9.17) is 10.00 Å². The first-order valence-electron chi connectivity index (χ1n) is 10.4. The van der Waals surface area contributed by atoms with Crippen molar-refractivity contribution in [3.8, 4) is 11.8 Å². The van der Waals surface area contributed by atoms with Gasteiger partial charge in [0, 0.05) is 0 Å². The fourth-order valence-electron chi connectivity index (χ4n) is 3.85. The third-order valence-corrected chi connectivity index (χ3v) is 5.58. The van der Waals surface area contributed by atoms with Crippen LogP contribution in [-0.4, -0.2) is 0 Å². The minimum atomic E-state index is -3.42. The van der Waals surface area contributed by atoms with Crippen molar-refractivity contribution in [2.24, 2.45) is 5.92 Å². The van der Waals surface area contributed by atoms with Crippen LogP contribution in [0, 0.1) is 17.2 Å². The van der Waals surface area contributed by atoms with Crippen LogP contribution in [0.25, 0.3) is 0 Å². The second kappa shape index (κ2) is 9.69. The molecule has 0 aromatic heterocycles. The van der Waals surface area contributed by atoms with Gasteiger partial charge in [-0.3, -0.25) is 0 Å². The lowest BCUT2D eigenvalue weighted by Gasteiger charge is -2.27. The summed E-state index contributed by atoms with van der Waals surface area (Å²) >= 11 is 0. The molecule has 4 heteroatoms. The Morgan fingerprint density at radius 1 is 1.03 bits per heavy atom. The second-order valence-corrected chi connectivity index (χ2v) is 7.71. The molecule has 0 atom stereocenters. The van der Waals surface area contributed by atoms with Gasteiger partial charge in [-0.15, -0.1) is 0 Å². The van der Waals surface area contributed by atoms with E-state index in [1.165, 1.54) is 42.8 Å². The molecule has 2 aromatic carbocycles. The van der Waals surface area contributed by atoms with Crippen molar-refractivity contribution in [1.29, 1.82) is 5.26 Å². The molecule has 152 valence electrons. The van der Waals surface area contributed by atoms with Gasteiger partial charge in [-0.2, -0.15) is 14.0 Å². The highest BCUT2D eigenvalue weighted by Crippen LogP contribution is 2.38. The van der Waals surface area contributed by atoms with Gasteiger partial charge in [0.2, 0.25) is 0 Å². The number of nitrogens with zero attached hydrogens (tertiary/aromatic N) is 1. The highest BCUT2D eigenvalue weighted by molar-refractivity contribution is 5.35. The van der Waals surface area contributed by atoms with E-state index in [2.05, 4.69) is 19.1 Å². The van der Waals surface area contributed by atoms with Gasteiger partial charge >= 0.3 is 6.11 Å². The van der Waals surface area contributed by atoms with E-state index in [0.29, 0.717) is 17.4 Å². The van der Waals surface area contributed by atoms with E-state index in [-0.39, 0.29) is 11.3 Å². The smallest absolute Gasteiger partial charge is 0.426 e. The quantitative estimate of drug-likeness (QED) is 0.460. The number of halogens is 2. The van der Waals surface area contributed by atoms with Gasteiger partial charge in [0.05, 0.1) is 17.2 Å². The molecule has 2 aromatic rings. The molecule has 0 spiro atoms. The SMILES string of the molecule is CCC/C=C\C1CCC(c2ccc(C(F)(F)Oc3ccc(C#N)cc3)cc2)CC1. The molecule has 1 fully saturated rings. The highest BCUT2D eigenvalue weighted by atomic mass is 19.3. The molecular weight excluding hydrogens is 368 g/mol. The minimum Gasteiger partial charge on any atom is -0.429 e. The number of rotatable bonds is 7. The van der Waals surface area contributed by atoms with Crippen molar-refractivity contribution in [2.75, 3.05) is 0 Å². The number of nitriles is 1. The monoisotopic (exact) mass is 395 g/mol. The van der Waals surface area contributed by atoms with Crippen LogP contribution in [0.3, 0.4) is 0 Å². The van der Waals surface area contributed by atoms with Gasteiger partial charge in [-0.25, -0.2) is 0 Å². The molecule has 2 nitrogen and oxygen atoms in total. The van der Waals surface area contributed by atoms with Crippen molar-refractivity contribution in [3.05, 3.63) is 77.4 Å². The number of alkyl halides is 2. The van der Waals surface area contributed by atoms with Crippen LogP contribution in [0.1, 0.15) is 68.1 Å². The standard InChI is InChI=1S/C25H27F2NO/c1-2-3-4-5-19-6-10-21(11-7-19)22-12-14-23(15-13-22)25(26,27)29-24-16-8-20(18-28)9-17-24/h4-5,8-9,12-17,19,21H,2-3,6-7,10-11H2,1H3/b5-4-.